The highest BCUT2D eigenvalue weighted by atomic mass is 35.5. The highest BCUT2D eigenvalue weighted by molar-refractivity contribution is 6.29. The third-order valence-electron chi connectivity index (χ3n) is 3.28. The maximum atomic E-state index is 6.04. The van der Waals surface area contributed by atoms with Crippen molar-refractivity contribution in [3.63, 3.8) is 0 Å². The van der Waals surface area contributed by atoms with Gasteiger partial charge >= 0.3 is 0 Å². The minimum absolute atomic E-state index is 0.418. The molecule has 21 heavy (non-hydrogen) atoms. The fourth-order valence-corrected chi connectivity index (χ4v) is 2.22. The van der Waals surface area contributed by atoms with E-state index in [4.69, 9.17) is 16.3 Å². The lowest BCUT2D eigenvalue weighted by molar-refractivity contribution is 0.454. The first kappa shape index (κ1) is 15.8. The molecule has 1 aromatic heterocycles. The van der Waals surface area contributed by atoms with E-state index in [1.807, 2.05) is 6.92 Å². The van der Waals surface area contributed by atoms with E-state index in [1.165, 1.54) is 5.56 Å². The molecular formula is C17H21ClN2O. The lowest BCUT2D eigenvalue weighted by Gasteiger charge is -2.12. The van der Waals surface area contributed by atoms with Crippen molar-refractivity contribution in [1.29, 1.82) is 0 Å². The van der Waals surface area contributed by atoms with E-state index >= 15 is 0 Å². The molecule has 112 valence electrons. The topological polar surface area (TPSA) is 35.0 Å². The van der Waals surface area contributed by atoms with Gasteiger partial charge in [-0.3, -0.25) is 0 Å². The molecule has 0 aliphatic rings. The SMILES string of the molecule is CCCc1nc(Cl)cc(Oc2cc(C(C)C)ccc2C)n1. The molecular weight excluding hydrogens is 284 g/mol. The van der Waals surface area contributed by atoms with Crippen molar-refractivity contribution < 1.29 is 4.74 Å². The van der Waals surface area contributed by atoms with Gasteiger partial charge in [-0.2, -0.15) is 4.98 Å². The first-order valence-electron chi connectivity index (χ1n) is 7.31. The summed E-state index contributed by atoms with van der Waals surface area (Å²) in [5.74, 6) is 2.50. The van der Waals surface area contributed by atoms with Gasteiger partial charge < -0.3 is 4.74 Å². The minimum Gasteiger partial charge on any atom is -0.439 e. The molecule has 0 aliphatic heterocycles. The van der Waals surface area contributed by atoms with Gasteiger partial charge in [0.15, 0.2) is 0 Å². The molecule has 0 atom stereocenters. The maximum Gasteiger partial charge on any atom is 0.224 e. The van der Waals surface area contributed by atoms with Gasteiger partial charge in [0, 0.05) is 12.5 Å². The second-order valence-corrected chi connectivity index (χ2v) is 5.86. The summed E-state index contributed by atoms with van der Waals surface area (Å²) in [5, 5.41) is 0.418. The number of hydrogen-bond donors (Lipinski definition) is 0. The summed E-state index contributed by atoms with van der Waals surface area (Å²) in [6.45, 7) is 8.43. The molecule has 0 spiro atoms. The summed E-state index contributed by atoms with van der Waals surface area (Å²) in [5.41, 5.74) is 2.32. The first-order chi connectivity index (χ1) is 9.99. The molecule has 0 bridgehead atoms. The van der Waals surface area contributed by atoms with Crippen LogP contribution in [0.1, 0.15) is 50.1 Å². The third-order valence-corrected chi connectivity index (χ3v) is 3.48. The van der Waals surface area contributed by atoms with E-state index in [2.05, 4.69) is 48.9 Å². The molecule has 0 saturated carbocycles. The number of benzene rings is 1. The zero-order chi connectivity index (χ0) is 15.4. The van der Waals surface area contributed by atoms with Gasteiger partial charge in [0.2, 0.25) is 5.88 Å². The lowest BCUT2D eigenvalue weighted by atomic mass is 10.0. The Bertz CT molecular complexity index is 626. The summed E-state index contributed by atoms with van der Waals surface area (Å²) in [7, 11) is 0. The van der Waals surface area contributed by atoms with Gasteiger partial charge in [-0.1, -0.05) is 44.5 Å². The predicted molar refractivity (Wildman–Crippen MR) is 86.4 cm³/mol. The number of rotatable bonds is 5. The molecule has 0 saturated heterocycles. The molecule has 1 aromatic carbocycles. The Morgan fingerprint density at radius 1 is 1.19 bits per heavy atom. The maximum absolute atomic E-state index is 6.04. The van der Waals surface area contributed by atoms with Crippen LogP contribution >= 0.6 is 11.6 Å². The van der Waals surface area contributed by atoms with Gasteiger partial charge in [-0.15, -0.1) is 0 Å². The van der Waals surface area contributed by atoms with Gasteiger partial charge in [-0.05, 0) is 36.5 Å². The monoisotopic (exact) mass is 304 g/mol. The normalized spacial score (nSPS) is 11.0. The van der Waals surface area contributed by atoms with Crippen LogP contribution in [-0.4, -0.2) is 9.97 Å². The second kappa shape index (κ2) is 6.90. The van der Waals surface area contributed by atoms with Crippen LogP contribution in [0.3, 0.4) is 0 Å². The van der Waals surface area contributed by atoms with Crippen LogP contribution in [0.15, 0.2) is 24.3 Å². The lowest BCUT2D eigenvalue weighted by Crippen LogP contribution is -1.99. The molecule has 3 nitrogen and oxygen atoms in total. The van der Waals surface area contributed by atoms with Crippen molar-refractivity contribution in [1.82, 2.24) is 9.97 Å². The Hall–Kier alpha value is -1.61. The highest BCUT2D eigenvalue weighted by Gasteiger charge is 2.09. The molecule has 0 fully saturated rings. The highest BCUT2D eigenvalue weighted by Crippen LogP contribution is 2.28. The van der Waals surface area contributed by atoms with Crippen molar-refractivity contribution in [3.8, 4) is 11.6 Å². The second-order valence-electron chi connectivity index (χ2n) is 5.48. The quantitative estimate of drug-likeness (QED) is 0.702. The van der Waals surface area contributed by atoms with Crippen LogP contribution < -0.4 is 4.74 Å². The molecule has 0 radical (unpaired) electrons. The smallest absolute Gasteiger partial charge is 0.224 e. The van der Waals surface area contributed by atoms with E-state index in [0.717, 1.165) is 30.0 Å². The van der Waals surface area contributed by atoms with Crippen LogP contribution in [0.25, 0.3) is 0 Å². The van der Waals surface area contributed by atoms with Gasteiger partial charge in [-0.25, -0.2) is 4.98 Å². The predicted octanol–water partition coefficient (Wildman–Crippen LogP) is 5.31. The number of aryl methyl sites for hydroxylation is 2. The molecule has 0 unspecified atom stereocenters. The molecule has 2 aromatic rings. The van der Waals surface area contributed by atoms with Crippen molar-refractivity contribution in [2.75, 3.05) is 0 Å². The average Bonchev–Trinajstić information content (AvgIpc) is 2.40. The zero-order valence-corrected chi connectivity index (χ0v) is 13.7. The van der Waals surface area contributed by atoms with Crippen molar-refractivity contribution in [3.05, 3.63) is 46.4 Å². The summed E-state index contributed by atoms with van der Waals surface area (Å²) in [6, 6.07) is 7.92. The van der Waals surface area contributed by atoms with Crippen LogP contribution in [0.5, 0.6) is 11.6 Å². The first-order valence-corrected chi connectivity index (χ1v) is 7.69. The van der Waals surface area contributed by atoms with Gasteiger partial charge in [0.1, 0.15) is 16.7 Å². The van der Waals surface area contributed by atoms with Crippen molar-refractivity contribution in [2.24, 2.45) is 0 Å². The molecule has 1 heterocycles. The summed E-state index contributed by atoms with van der Waals surface area (Å²) in [4.78, 5) is 8.62. The summed E-state index contributed by atoms with van der Waals surface area (Å²) < 4.78 is 5.93. The van der Waals surface area contributed by atoms with Gasteiger partial charge in [0.25, 0.3) is 0 Å². The van der Waals surface area contributed by atoms with E-state index in [0.29, 0.717) is 17.0 Å². The van der Waals surface area contributed by atoms with Crippen molar-refractivity contribution >= 4 is 11.6 Å². The van der Waals surface area contributed by atoms with Crippen molar-refractivity contribution in [2.45, 2.75) is 46.5 Å². The molecule has 0 aliphatic carbocycles. The Balaban J connectivity index is 2.31. The number of hydrogen-bond acceptors (Lipinski definition) is 3. The number of aromatic nitrogens is 2. The van der Waals surface area contributed by atoms with Crippen LogP contribution in [0, 0.1) is 6.92 Å². The molecule has 0 N–H and O–H groups in total. The third kappa shape index (κ3) is 4.18. The average molecular weight is 305 g/mol. The largest absolute Gasteiger partial charge is 0.439 e. The summed E-state index contributed by atoms with van der Waals surface area (Å²) >= 11 is 6.04. The zero-order valence-electron chi connectivity index (χ0n) is 13.0. The summed E-state index contributed by atoms with van der Waals surface area (Å²) in [6.07, 6.45) is 1.77. The Morgan fingerprint density at radius 2 is 1.95 bits per heavy atom. The Morgan fingerprint density at radius 3 is 2.62 bits per heavy atom. The molecule has 4 heteroatoms. The fraction of sp³-hybridized carbons (Fsp3) is 0.412. The van der Waals surface area contributed by atoms with E-state index < -0.39 is 0 Å². The van der Waals surface area contributed by atoms with Gasteiger partial charge in [0.05, 0.1) is 0 Å². The number of nitrogens with zero attached hydrogens (tertiary/aromatic N) is 2. The molecule has 2 rings (SSSR count). The standard InChI is InChI=1S/C17H21ClN2O/c1-5-6-16-19-15(18)10-17(20-16)21-14-9-13(11(2)3)8-7-12(14)4/h7-11H,5-6H2,1-4H3. The van der Waals surface area contributed by atoms with Crippen LogP contribution in [-0.2, 0) is 6.42 Å². The fourth-order valence-electron chi connectivity index (χ4n) is 2.03. The number of halogens is 1. The Labute approximate surface area is 131 Å². The van der Waals surface area contributed by atoms with Crippen LogP contribution in [0.2, 0.25) is 5.15 Å². The Kier molecular flexibility index (Phi) is 5.18. The number of ether oxygens (including phenoxy) is 1. The van der Waals surface area contributed by atoms with E-state index in [-0.39, 0.29) is 0 Å². The van der Waals surface area contributed by atoms with E-state index in [9.17, 15) is 0 Å². The minimum atomic E-state index is 0.418. The van der Waals surface area contributed by atoms with Crippen LogP contribution in [0.4, 0.5) is 0 Å². The van der Waals surface area contributed by atoms with E-state index in [1.54, 1.807) is 6.07 Å². The molecule has 0 amide bonds.